The van der Waals surface area contributed by atoms with Gasteiger partial charge in [0.1, 0.15) is 0 Å². The maximum Gasteiger partial charge on any atom is 0.387 e. The van der Waals surface area contributed by atoms with Crippen LogP contribution < -0.4 is 15.2 Å². The number of hydrogen-bond acceptors (Lipinski definition) is 5. The minimum absolute atomic E-state index is 0.000943. The number of aromatic nitrogens is 2. The molecule has 8 nitrogen and oxygen atoms in total. The monoisotopic (exact) mass is 461 g/mol. The van der Waals surface area contributed by atoms with Crippen LogP contribution in [0.2, 0.25) is 0 Å². The molecule has 2 heterocycles. The van der Waals surface area contributed by atoms with E-state index in [-0.39, 0.29) is 28.8 Å². The maximum atomic E-state index is 12.6. The van der Waals surface area contributed by atoms with E-state index in [1.807, 2.05) is 0 Å². The predicted octanol–water partition coefficient (Wildman–Crippen LogP) is 3.87. The molecule has 1 aromatic heterocycles. The minimum Gasteiger partial charge on any atom is -0.490 e. The van der Waals surface area contributed by atoms with Gasteiger partial charge in [-0.2, -0.15) is 8.78 Å². The van der Waals surface area contributed by atoms with Crippen LogP contribution in [0.15, 0.2) is 41.2 Å². The number of aromatic amines is 1. The van der Waals surface area contributed by atoms with Crippen molar-refractivity contribution in [1.82, 2.24) is 14.5 Å². The van der Waals surface area contributed by atoms with Crippen LogP contribution in [0, 0.1) is 0 Å². The number of H-pyrrole nitrogens is 1. The molecular weight excluding hydrogens is 436 g/mol. The third-order valence-electron chi connectivity index (χ3n) is 5.82. The molecule has 3 aromatic rings. The molecule has 4 rings (SSSR count). The lowest BCUT2D eigenvalue weighted by molar-refractivity contribution is -0.0514. The standard InChI is InChI=1S/C23H25F2N3O5/c1-2-32-20-11-14(3-6-19(20)33-22(24)25)13-27-9-7-16(8-10-27)28-18-5-4-15(21(29)30)12-17(18)26-23(28)31/h3-6,11-12,16,22H,2,7-10,13H2,1H3,(H,26,31)(H,29,30). The minimum atomic E-state index is -2.92. The first-order valence-corrected chi connectivity index (χ1v) is 10.8. The summed E-state index contributed by atoms with van der Waals surface area (Å²) in [4.78, 5) is 28.8. The molecule has 2 N–H and O–H groups in total. The van der Waals surface area contributed by atoms with Gasteiger partial charge in [0.25, 0.3) is 0 Å². The lowest BCUT2D eigenvalue weighted by Gasteiger charge is -2.32. The van der Waals surface area contributed by atoms with Gasteiger partial charge in [0.2, 0.25) is 0 Å². The molecule has 0 amide bonds. The van der Waals surface area contributed by atoms with E-state index in [1.165, 1.54) is 18.2 Å². The summed E-state index contributed by atoms with van der Waals surface area (Å²) in [5, 5.41) is 9.17. The van der Waals surface area contributed by atoms with Gasteiger partial charge in [0, 0.05) is 25.7 Å². The Morgan fingerprint density at radius 2 is 1.94 bits per heavy atom. The highest BCUT2D eigenvalue weighted by molar-refractivity contribution is 5.92. The number of fused-ring (bicyclic) bond motifs is 1. The highest BCUT2D eigenvalue weighted by atomic mass is 19.3. The lowest BCUT2D eigenvalue weighted by Crippen LogP contribution is -2.36. The quantitative estimate of drug-likeness (QED) is 0.529. The highest BCUT2D eigenvalue weighted by Gasteiger charge is 2.24. The van der Waals surface area contributed by atoms with Crippen LogP contribution >= 0.6 is 0 Å². The Morgan fingerprint density at radius 3 is 2.61 bits per heavy atom. The Labute approximate surface area is 188 Å². The van der Waals surface area contributed by atoms with E-state index in [0.29, 0.717) is 24.2 Å². The van der Waals surface area contributed by atoms with E-state index in [2.05, 4.69) is 14.6 Å². The summed E-state index contributed by atoms with van der Waals surface area (Å²) < 4.78 is 36.9. The molecule has 0 aliphatic carbocycles. The fraction of sp³-hybridized carbons (Fsp3) is 0.391. The summed E-state index contributed by atoms with van der Waals surface area (Å²) in [5.74, 6) is -0.740. The van der Waals surface area contributed by atoms with Crippen molar-refractivity contribution in [3.05, 3.63) is 58.0 Å². The first kappa shape index (κ1) is 22.8. The van der Waals surface area contributed by atoms with Crippen LogP contribution in [-0.4, -0.2) is 51.8 Å². The van der Waals surface area contributed by atoms with Crippen molar-refractivity contribution in [2.75, 3.05) is 19.7 Å². The van der Waals surface area contributed by atoms with Crippen molar-refractivity contribution in [3.63, 3.8) is 0 Å². The van der Waals surface area contributed by atoms with Crippen LogP contribution in [0.3, 0.4) is 0 Å². The Bertz CT molecular complexity index is 1200. The number of nitrogens with zero attached hydrogens (tertiary/aromatic N) is 2. The number of piperidine rings is 1. The number of imidazole rings is 1. The summed E-state index contributed by atoms with van der Waals surface area (Å²) >= 11 is 0. The van der Waals surface area contributed by atoms with Gasteiger partial charge in [-0.05, 0) is 55.7 Å². The Hall–Kier alpha value is -3.40. The summed E-state index contributed by atoms with van der Waals surface area (Å²) in [6, 6.07) is 9.60. The number of rotatable bonds is 8. The molecule has 1 saturated heterocycles. The second-order valence-electron chi connectivity index (χ2n) is 7.94. The van der Waals surface area contributed by atoms with E-state index in [9.17, 15) is 18.4 Å². The Morgan fingerprint density at radius 1 is 1.18 bits per heavy atom. The summed E-state index contributed by atoms with van der Waals surface area (Å²) in [7, 11) is 0. The fourth-order valence-electron chi connectivity index (χ4n) is 4.33. The van der Waals surface area contributed by atoms with E-state index in [4.69, 9.17) is 9.84 Å². The van der Waals surface area contributed by atoms with Gasteiger partial charge >= 0.3 is 18.3 Å². The van der Waals surface area contributed by atoms with Crippen LogP contribution in [0.25, 0.3) is 11.0 Å². The Kier molecular flexibility index (Phi) is 6.64. The highest BCUT2D eigenvalue weighted by Crippen LogP contribution is 2.31. The molecule has 0 radical (unpaired) electrons. The van der Waals surface area contributed by atoms with Gasteiger partial charge in [-0.1, -0.05) is 6.07 Å². The summed E-state index contributed by atoms with van der Waals surface area (Å²) in [5.41, 5.74) is 2.00. The molecule has 0 bridgehead atoms. The SMILES string of the molecule is CCOc1cc(CN2CCC(n3c(=O)[nH]c4cc(C(=O)O)ccc43)CC2)ccc1OC(F)F. The molecule has 1 aliphatic heterocycles. The predicted molar refractivity (Wildman–Crippen MR) is 117 cm³/mol. The van der Waals surface area contributed by atoms with Gasteiger partial charge < -0.3 is 19.6 Å². The third kappa shape index (κ3) is 5.00. The van der Waals surface area contributed by atoms with Crippen molar-refractivity contribution >= 4 is 17.0 Å². The van der Waals surface area contributed by atoms with Crippen LogP contribution in [-0.2, 0) is 6.54 Å². The molecule has 176 valence electrons. The van der Waals surface area contributed by atoms with E-state index in [0.717, 1.165) is 31.5 Å². The number of carboxylic acid groups (broad SMARTS) is 1. The van der Waals surface area contributed by atoms with Gasteiger partial charge in [-0.25, -0.2) is 9.59 Å². The number of hydrogen-bond donors (Lipinski definition) is 2. The van der Waals surface area contributed by atoms with Crippen molar-refractivity contribution < 1.29 is 28.2 Å². The van der Waals surface area contributed by atoms with Crippen LogP contribution in [0.4, 0.5) is 8.78 Å². The van der Waals surface area contributed by atoms with Gasteiger partial charge in [0.15, 0.2) is 11.5 Å². The van der Waals surface area contributed by atoms with E-state index in [1.54, 1.807) is 29.7 Å². The van der Waals surface area contributed by atoms with Crippen molar-refractivity contribution in [2.24, 2.45) is 0 Å². The van der Waals surface area contributed by atoms with E-state index >= 15 is 0 Å². The largest absolute Gasteiger partial charge is 0.490 e. The molecule has 0 spiro atoms. The summed E-state index contributed by atoms with van der Waals surface area (Å²) in [6.07, 6.45) is 1.50. The number of benzene rings is 2. The number of nitrogens with one attached hydrogen (secondary N) is 1. The molecule has 1 fully saturated rings. The molecule has 10 heteroatoms. The zero-order valence-electron chi connectivity index (χ0n) is 18.1. The lowest BCUT2D eigenvalue weighted by atomic mass is 10.0. The number of carboxylic acids is 1. The number of likely N-dealkylation sites (tertiary alicyclic amines) is 1. The second kappa shape index (κ2) is 9.62. The topological polar surface area (TPSA) is 96.8 Å². The van der Waals surface area contributed by atoms with Crippen molar-refractivity contribution in [2.45, 2.75) is 39.0 Å². The molecule has 0 atom stereocenters. The van der Waals surface area contributed by atoms with E-state index < -0.39 is 12.6 Å². The number of ether oxygens (including phenoxy) is 2. The van der Waals surface area contributed by atoms with Gasteiger partial charge in [0.05, 0.1) is 23.2 Å². The normalized spacial score (nSPS) is 15.3. The van der Waals surface area contributed by atoms with Crippen LogP contribution in [0.5, 0.6) is 11.5 Å². The number of alkyl halides is 2. The number of carbonyl (C=O) groups is 1. The molecule has 0 unspecified atom stereocenters. The smallest absolute Gasteiger partial charge is 0.387 e. The zero-order valence-corrected chi connectivity index (χ0v) is 18.1. The first-order valence-electron chi connectivity index (χ1n) is 10.8. The molecule has 0 saturated carbocycles. The van der Waals surface area contributed by atoms with Crippen LogP contribution in [0.1, 0.15) is 41.7 Å². The number of aromatic carboxylic acids is 1. The zero-order chi connectivity index (χ0) is 23.5. The van der Waals surface area contributed by atoms with Crippen molar-refractivity contribution in [1.29, 1.82) is 0 Å². The average Bonchev–Trinajstić information content (AvgIpc) is 3.11. The molecule has 1 aliphatic rings. The van der Waals surface area contributed by atoms with Crippen molar-refractivity contribution in [3.8, 4) is 11.5 Å². The molecule has 2 aromatic carbocycles. The maximum absolute atomic E-state index is 12.6. The summed E-state index contributed by atoms with van der Waals surface area (Å²) in [6.45, 7) is 1.30. The fourth-order valence-corrected chi connectivity index (χ4v) is 4.33. The molecule has 33 heavy (non-hydrogen) atoms. The van der Waals surface area contributed by atoms with Gasteiger partial charge in [-0.15, -0.1) is 0 Å². The second-order valence-corrected chi connectivity index (χ2v) is 7.94. The Balaban J connectivity index is 1.44. The third-order valence-corrected chi connectivity index (χ3v) is 5.82. The number of halogens is 2. The average molecular weight is 461 g/mol. The van der Waals surface area contributed by atoms with Gasteiger partial charge in [-0.3, -0.25) is 9.47 Å². The first-order chi connectivity index (χ1) is 15.9. The molecular formula is C23H25F2N3O5.